The first-order valence-electron chi connectivity index (χ1n) is 8.30. The van der Waals surface area contributed by atoms with E-state index in [1.54, 1.807) is 0 Å². The van der Waals surface area contributed by atoms with E-state index in [1.165, 1.54) is 0 Å². The molecule has 128 valence electrons. The van der Waals surface area contributed by atoms with Gasteiger partial charge in [0.15, 0.2) is 0 Å². The summed E-state index contributed by atoms with van der Waals surface area (Å²) in [5.74, 6) is 0.442. The number of nitrogens with two attached hydrogens (primary N) is 1. The molecule has 0 amide bonds. The van der Waals surface area contributed by atoms with E-state index in [9.17, 15) is 0 Å². The van der Waals surface area contributed by atoms with Gasteiger partial charge in [-0.2, -0.15) is 0 Å². The highest BCUT2D eigenvalue weighted by Crippen LogP contribution is 2.29. The van der Waals surface area contributed by atoms with Gasteiger partial charge in [-0.25, -0.2) is 0 Å². The molecule has 4 heteroatoms. The molecule has 2 aromatic carbocycles. The third-order valence-electron chi connectivity index (χ3n) is 4.78. The molecule has 0 aliphatic carbocycles. The Morgan fingerprint density at radius 2 is 1.58 bits per heavy atom. The second-order valence-corrected chi connectivity index (χ2v) is 6.41. The number of hydrogen-bond acceptors (Lipinski definition) is 4. The van der Waals surface area contributed by atoms with E-state index in [4.69, 9.17) is 5.73 Å². The van der Waals surface area contributed by atoms with E-state index in [1.807, 2.05) is 36.4 Å². The van der Waals surface area contributed by atoms with E-state index in [0.717, 1.165) is 29.3 Å². The molecule has 4 nitrogen and oxygen atoms in total. The molecule has 0 fully saturated rings. The summed E-state index contributed by atoms with van der Waals surface area (Å²) in [6.45, 7) is 9.09. The molecular formula is C20H28N4. The van der Waals surface area contributed by atoms with Crippen LogP contribution in [0.2, 0.25) is 0 Å². The van der Waals surface area contributed by atoms with Crippen molar-refractivity contribution in [3.8, 4) is 0 Å². The van der Waals surface area contributed by atoms with Crippen molar-refractivity contribution < 1.29 is 0 Å². The first-order valence-corrected chi connectivity index (χ1v) is 8.30. The Bertz CT molecular complexity index is 683. The van der Waals surface area contributed by atoms with Crippen molar-refractivity contribution in [3.63, 3.8) is 0 Å². The van der Waals surface area contributed by atoms with Crippen LogP contribution in [-0.4, -0.2) is 33.4 Å². The Balaban J connectivity index is 2.09. The zero-order valence-electron chi connectivity index (χ0n) is 15.1. The number of hydrogen-bond donors (Lipinski definition) is 1. The molecule has 0 saturated heterocycles. The predicted octanol–water partition coefficient (Wildman–Crippen LogP) is 4.20. The van der Waals surface area contributed by atoms with Crippen LogP contribution in [0.15, 0.2) is 53.5 Å². The first kappa shape index (κ1) is 17.9. The van der Waals surface area contributed by atoms with Crippen molar-refractivity contribution in [3.05, 3.63) is 48.5 Å². The van der Waals surface area contributed by atoms with Gasteiger partial charge in [0.1, 0.15) is 0 Å². The van der Waals surface area contributed by atoms with Gasteiger partial charge < -0.3 is 15.5 Å². The van der Waals surface area contributed by atoms with Crippen LogP contribution in [0.25, 0.3) is 0 Å². The minimum absolute atomic E-state index is 0.348. The van der Waals surface area contributed by atoms with E-state index in [-0.39, 0.29) is 0 Å². The molecule has 0 radical (unpaired) electrons. The first-order chi connectivity index (χ1) is 11.5. The van der Waals surface area contributed by atoms with Gasteiger partial charge in [-0.1, -0.05) is 31.2 Å². The fraction of sp³-hybridized carbons (Fsp3) is 0.350. The van der Waals surface area contributed by atoms with Crippen LogP contribution in [0.3, 0.4) is 0 Å². The monoisotopic (exact) mass is 324 g/mol. The van der Waals surface area contributed by atoms with Gasteiger partial charge in [0, 0.05) is 26.7 Å². The third kappa shape index (κ3) is 3.88. The number of nitrogens with zero attached hydrogens (tertiary/aromatic N) is 3. The van der Waals surface area contributed by atoms with Crippen molar-refractivity contribution in [1.29, 1.82) is 0 Å². The quantitative estimate of drug-likeness (QED) is 0.613. The zero-order chi connectivity index (χ0) is 17.7. The normalized spacial score (nSPS) is 13.2. The largest absolute Gasteiger partial charge is 0.397 e. The molecule has 0 bridgehead atoms. The molecule has 0 aliphatic rings. The SMILES string of the molecule is C=Nc1ccccc1N(C)CC(C)C(C)N(C)c1ccccc1N. The Morgan fingerprint density at radius 1 is 1.00 bits per heavy atom. The average molecular weight is 324 g/mol. The van der Waals surface area contributed by atoms with Gasteiger partial charge in [0.25, 0.3) is 0 Å². The topological polar surface area (TPSA) is 44.9 Å². The summed E-state index contributed by atoms with van der Waals surface area (Å²) in [5.41, 5.74) is 10.0. The molecule has 0 aliphatic heterocycles. The Labute approximate surface area is 145 Å². The second-order valence-electron chi connectivity index (χ2n) is 6.41. The fourth-order valence-corrected chi connectivity index (χ4v) is 3.01. The summed E-state index contributed by atoms with van der Waals surface area (Å²) in [6, 6.07) is 16.4. The third-order valence-corrected chi connectivity index (χ3v) is 4.78. The minimum atomic E-state index is 0.348. The molecule has 2 unspecified atom stereocenters. The van der Waals surface area contributed by atoms with E-state index in [2.05, 4.69) is 61.6 Å². The van der Waals surface area contributed by atoms with Crippen LogP contribution in [0, 0.1) is 5.92 Å². The Kier molecular flexibility index (Phi) is 5.85. The molecule has 0 saturated carbocycles. The van der Waals surface area contributed by atoms with Crippen LogP contribution in [0.4, 0.5) is 22.7 Å². The van der Waals surface area contributed by atoms with Crippen LogP contribution in [-0.2, 0) is 0 Å². The molecule has 2 N–H and O–H groups in total. The molecular weight excluding hydrogens is 296 g/mol. The maximum absolute atomic E-state index is 6.12. The van der Waals surface area contributed by atoms with E-state index < -0.39 is 0 Å². The summed E-state index contributed by atoms with van der Waals surface area (Å²) in [5, 5.41) is 0. The minimum Gasteiger partial charge on any atom is -0.397 e. The van der Waals surface area contributed by atoms with E-state index >= 15 is 0 Å². The van der Waals surface area contributed by atoms with Crippen molar-refractivity contribution in [2.45, 2.75) is 19.9 Å². The van der Waals surface area contributed by atoms with Gasteiger partial charge in [0.05, 0.1) is 22.7 Å². The van der Waals surface area contributed by atoms with Crippen LogP contribution in [0.5, 0.6) is 0 Å². The van der Waals surface area contributed by atoms with Crippen molar-refractivity contribution in [2.75, 3.05) is 36.2 Å². The highest BCUT2D eigenvalue weighted by atomic mass is 15.2. The van der Waals surface area contributed by atoms with E-state index in [0.29, 0.717) is 12.0 Å². The maximum Gasteiger partial charge on any atom is 0.0855 e. The highest BCUT2D eigenvalue weighted by molar-refractivity contribution is 5.69. The molecule has 2 rings (SSSR count). The molecule has 2 atom stereocenters. The number of benzene rings is 2. The molecule has 0 heterocycles. The highest BCUT2D eigenvalue weighted by Gasteiger charge is 2.21. The van der Waals surface area contributed by atoms with Gasteiger partial charge in [-0.05, 0) is 43.8 Å². The summed E-state index contributed by atoms with van der Waals surface area (Å²) in [7, 11) is 4.20. The van der Waals surface area contributed by atoms with Crippen LogP contribution >= 0.6 is 0 Å². The summed E-state index contributed by atoms with van der Waals surface area (Å²) in [6.07, 6.45) is 0. The fourth-order valence-electron chi connectivity index (χ4n) is 3.01. The molecule has 0 spiro atoms. The number of para-hydroxylation sites is 4. The van der Waals surface area contributed by atoms with Gasteiger partial charge in [-0.3, -0.25) is 4.99 Å². The average Bonchev–Trinajstić information content (AvgIpc) is 2.60. The Hall–Kier alpha value is -2.49. The van der Waals surface area contributed by atoms with Crippen LogP contribution in [0.1, 0.15) is 13.8 Å². The lowest BCUT2D eigenvalue weighted by atomic mass is 10.0. The second kappa shape index (κ2) is 7.86. The maximum atomic E-state index is 6.12. The van der Waals surface area contributed by atoms with Gasteiger partial charge in [0.2, 0.25) is 0 Å². The smallest absolute Gasteiger partial charge is 0.0855 e. The number of nitrogen functional groups attached to an aromatic ring is 1. The predicted molar refractivity (Wildman–Crippen MR) is 107 cm³/mol. The number of rotatable bonds is 7. The molecule has 2 aromatic rings. The lowest BCUT2D eigenvalue weighted by molar-refractivity contribution is 0.468. The zero-order valence-corrected chi connectivity index (χ0v) is 15.1. The molecule has 0 aromatic heterocycles. The van der Waals surface area contributed by atoms with Gasteiger partial charge in [-0.15, -0.1) is 0 Å². The number of aliphatic imine (C=N–C) groups is 1. The lowest BCUT2D eigenvalue weighted by Gasteiger charge is -2.35. The van der Waals surface area contributed by atoms with Crippen molar-refractivity contribution >= 4 is 29.5 Å². The molecule has 24 heavy (non-hydrogen) atoms. The van der Waals surface area contributed by atoms with Crippen molar-refractivity contribution in [2.24, 2.45) is 10.9 Å². The summed E-state index contributed by atoms with van der Waals surface area (Å²) >= 11 is 0. The van der Waals surface area contributed by atoms with Gasteiger partial charge >= 0.3 is 0 Å². The Morgan fingerprint density at radius 3 is 2.21 bits per heavy atom. The van der Waals surface area contributed by atoms with Crippen LogP contribution < -0.4 is 15.5 Å². The van der Waals surface area contributed by atoms with Crippen molar-refractivity contribution in [1.82, 2.24) is 0 Å². The standard InChI is InChI=1S/C20H28N4/c1-15(14-23(4)20-13-9-7-11-18(20)22-3)16(2)24(5)19-12-8-6-10-17(19)21/h6-13,15-16H,3,14,21H2,1-2,4-5H3. The summed E-state index contributed by atoms with van der Waals surface area (Å²) in [4.78, 5) is 8.62. The summed E-state index contributed by atoms with van der Waals surface area (Å²) < 4.78 is 0. The number of anilines is 3. The lowest BCUT2D eigenvalue weighted by Crippen LogP contribution is -2.40.